The van der Waals surface area contributed by atoms with Crippen molar-refractivity contribution in [1.29, 1.82) is 0 Å². The Morgan fingerprint density at radius 3 is 2.62 bits per heavy atom. The average Bonchev–Trinajstić information content (AvgIpc) is 2.25. The third kappa shape index (κ3) is 8.16. The highest BCUT2D eigenvalue weighted by Gasteiger charge is 2.13. The topological polar surface area (TPSA) is 122 Å². The first-order valence-corrected chi connectivity index (χ1v) is 5.01. The Morgan fingerprint density at radius 2 is 2.06 bits per heavy atom. The molecule has 0 saturated carbocycles. The molecule has 0 fully saturated rings. The van der Waals surface area contributed by atoms with E-state index in [1.165, 1.54) is 0 Å². The van der Waals surface area contributed by atoms with E-state index in [1.807, 2.05) is 0 Å². The molecule has 0 bridgehead atoms. The second kappa shape index (κ2) is 9.08. The van der Waals surface area contributed by atoms with E-state index in [0.717, 1.165) is 0 Å². The molecule has 0 radical (unpaired) electrons. The van der Waals surface area contributed by atoms with Crippen LogP contribution in [0.2, 0.25) is 0 Å². The maximum atomic E-state index is 11.3. The largest absolute Gasteiger partial charge is 0.481 e. The maximum Gasteiger partial charge on any atom is 0.303 e. The lowest BCUT2D eigenvalue weighted by Crippen LogP contribution is -2.42. The van der Waals surface area contributed by atoms with Gasteiger partial charge in [-0.15, -0.1) is 0 Å². The minimum Gasteiger partial charge on any atom is -0.481 e. The Labute approximate surface area is 93.6 Å². The monoisotopic (exact) mass is 234 g/mol. The van der Waals surface area contributed by atoms with Gasteiger partial charge in [-0.2, -0.15) is 0 Å². The number of ether oxygens (including phenoxy) is 1. The fourth-order valence-electron chi connectivity index (χ4n) is 0.954. The molecule has 5 N–H and O–H groups in total. The van der Waals surface area contributed by atoms with Crippen LogP contribution < -0.4 is 11.1 Å². The number of carbonyl (C=O) groups excluding carboxylic acids is 1. The number of rotatable bonds is 9. The first-order valence-electron chi connectivity index (χ1n) is 5.01. The zero-order valence-corrected chi connectivity index (χ0v) is 9.02. The van der Waals surface area contributed by atoms with E-state index in [4.69, 9.17) is 20.7 Å². The van der Waals surface area contributed by atoms with Crippen molar-refractivity contribution in [3.8, 4) is 0 Å². The molecule has 0 aromatic rings. The van der Waals surface area contributed by atoms with Crippen LogP contribution in [0, 0.1) is 0 Å². The van der Waals surface area contributed by atoms with Crippen molar-refractivity contribution in [3.63, 3.8) is 0 Å². The van der Waals surface area contributed by atoms with E-state index in [2.05, 4.69) is 5.32 Å². The number of aliphatic carboxylic acids is 1. The molecule has 0 aliphatic rings. The zero-order chi connectivity index (χ0) is 12.4. The Kier molecular flexibility index (Phi) is 8.41. The van der Waals surface area contributed by atoms with Crippen LogP contribution in [0.3, 0.4) is 0 Å². The van der Waals surface area contributed by atoms with Crippen molar-refractivity contribution >= 4 is 11.9 Å². The Hall–Kier alpha value is -1.18. The van der Waals surface area contributed by atoms with E-state index in [9.17, 15) is 9.59 Å². The third-order valence-electron chi connectivity index (χ3n) is 1.79. The molecule has 1 amide bonds. The second-order valence-electron chi connectivity index (χ2n) is 3.17. The van der Waals surface area contributed by atoms with Crippen LogP contribution in [0.5, 0.6) is 0 Å². The van der Waals surface area contributed by atoms with Crippen LogP contribution in [0.4, 0.5) is 0 Å². The molecule has 1 atom stereocenters. The zero-order valence-electron chi connectivity index (χ0n) is 9.02. The molecule has 0 aliphatic carbocycles. The number of aliphatic hydroxyl groups is 1. The summed E-state index contributed by atoms with van der Waals surface area (Å²) in [5.74, 6) is -1.37. The van der Waals surface area contributed by atoms with Crippen molar-refractivity contribution in [3.05, 3.63) is 0 Å². The van der Waals surface area contributed by atoms with E-state index in [-0.39, 0.29) is 32.7 Å². The highest BCUT2D eigenvalue weighted by atomic mass is 16.5. The van der Waals surface area contributed by atoms with Crippen molar-refractivity contribution in [2.75, 3.05) is 26.4 Å². The summed E-state index contributed by atoms with van der Waals surface area (Å²) in [6.07, 6.45) is -0.0196. The van der Waals surface area contributed by atoms with Gasteiger partial charge >= 0.3 is 5.97 Å². The van der Waals surface area contributed by atoms with Crippen LogP contribution in [0.25, 0.3) is 0 Å². The normalized spacial score (nSPS) is 12.1. The molecule has 0 rings (SSSR count). The van der Waals surface area contributed by atoms with Gasteiger partial charge in [-0.05, 0) is 6.42 Å². The summed E-state index contributed by atoms with van der Waals surface area (Å²) in [5, 5.41) is 19.3. The first kappa shape index (κ1) is 14.8. The Morgan fingerprint density at radius 1 is 1.38 bits per heavy atom. The van der Waals surface area contributed by atoms with Crippen LogP contribution >= 0.6 is 0 Å². The fraction of sp³-hybridized carbons (Fsp3) is 0.778. The lowest BCUT2D eigenvalue weighted by molar-refractivity contribution is -0.137. The molecule has 16 heavy (non-hydrogen) atoms. The number of carboxylic acid groups (broad SMARTS) is 1. The maximum absolute atomic E-state index is 11.3. The average molecular weight is 234 g/mol. The van der Waals surface area contributed by atoms with Crippen LogP contribution in [0.1, 0.15) is 12.8 Å². The molecular weight excluding hydrogens is 216 g/mol. The lowest BCUT2D eigenvalue weighted by atomic mass is 10.1. The van der Waals surface area contributed by atoms with Crippen molar-refractivity contribution in [2.24, 2.45) is 5.73 Å². The quantitative estimate of drug-likeness (QED) is 0.353. The summed E-state index contributed by atoms with van der Waals surface area (Å²) >= 11 is 0. The molecule has 0 saturated heterocycles. The van der Waals surface area contributed by atoms with Crippen molar-refractivity contribution in [1.82, 2.24) is 5.32 Å². The molecule has 0 heterocycles. The smallest absolute Gasteiger partial charge is 0.303 e. The SMILES string of the molecule is NC(CCC(=O)O)C(=O)NCCOCCO. The van der Waals surface area contributed by atoms with E-state index >= 15 is 0 Å². The van der Waals surface area contributed by atoms with Gasteiger partial charge in [-0.3, -0.25) is 9.59 Å². The summed E-state index contributed by atoms with van der Waals surface area (Å²) in [4.78, 5) is 21.5. The molecule has 0 aliphatic heterocycles. The van der Waals surface area contributed by atoms with Crippen LogP contribution in [-0.2, 0) is 14.3 Å². The number of nitrogens with two attached hydrogens (primary N) is 1. The molecule has 94 valence electrons. The highest BCUT2D eigenvalue weighted by Crippen LogP contribution is 1.94. The van der Waals surface area contributed by atoms with E-state index < -0.39 is 17.9 Å². The number of nitrogens with one attached hydrogen (secondary N) is 1. The predicted octanol–water partition coefficient (Wildman–Crippen LogP) is -1.70. The van der Waals surface area contributed by atoms with E-state index in [1.54, 1.807) is 0 Å². The van der Waals surface area contributed by atoms with Gasteiger partial charge in [0, 0.05) is 13.0 Å². The number of amides is 1. The Bertz CT molecular complexity index is 222. The first-order chi connectivity index (χ1) is 7.57. The van der Waals surface area contributed by atoms with Gasteiger partial charge in [0.15, 0.2) is 0 Å². The highest BCUT2D eigenvalue weighted by molar-refractivity contribution is 5.82. The molecule has 0 aromatic carbocycles. The molecular formula is C9H18N2O5. The number of carboxylic acids is 1. The third-order valence-corrected chi connectivity index (χ3v) is 1.79. The molecule has 0 spiro atoms. The molecule has 1 unspecified atom stereocenters. The minimum absolute atomic E-state index is 0.0634. The number of hydrogen-bond donors (Lipinski definition) is 4. The van der Waals surface area contributed by atoms with Gasteiger partial charge < -0.3 is 26.0 Å². The second-order valence-corrected chi connectivity index (χ2v) is 3.17. The van der Waals surface area contributed by atoms with Crippen molar-refractivity contribution < 1.29 is 24.5 Å². The summed E-state index contributed by atoms with van der Waals surface area (Å²) < 4.78 is 4.91. The predicted molar refractivity (Wildman–Crippen MR) is 55.8 cm³/mol. The van der Waals surface area contributed by atoms with Gasteiger partial charge in [0.1, 0.15) is 0 Å². The minimum atomic E-state index is -0.977. The van der Waals surface area contributed by atoms with E-state index in [0.29, 0.717) is 6.54 Å². The van der Waals surface area contributed by atoms with Crippen LogP contribution in [0.15, 0.2) is 0 Å². The summed E-state index contributed by atoms with van der Waals surface area (Å²) in [7, 11) is 0. The van der Waals surface area contributed by atoms with Gasteiger partial charge in [0.05, 0.1) is 25.9 Å². The van der Waals surface area contributed by atoms with Gasteiger partial charge in [0.2, 0.25) is 5.91 Å². The lowest BCUT2D eigenvalue weighted by Gasteiger charge is -2.10. The standard InChI is InChI=1S/C9H18N2O5/c10-7(1-2-8(13)14)9(15)11-3-5-16-6-4-12/h7,12H,1-6,10H2,(H,11,15)(H,13,14). The molecule has 7 heteroatoms. The molecule has 0 aromatic heterocycles. The fourth-order valence-corrected chi connectivity index (χ4v) is 0.954. The van der Waals surface area contributed by atoms with Crippen LogP contribution in [-0.4, -0.2) is 54.5 Å². The summed E-state index contributed by atoms with van der Waals surface area (Å²) in [6, 6.07) is -0.811. The van der Waals surface area contributed by atoms with Crippen molar-refractivity contribution in [2.45, 2.75) is 18.9 Å². The summed E-state index contributed by atoms with van der Waals surface area (Å²) in [6.45, 7) is 0.741. The number of carbonyl (C=O) groups is 2. The van der Waals surface area contributed by atoms with Gasteiger partial charge in [-0.1, -0.05) is 0 Å². The number of hydrogen-bond acceptors (Lipinski definition) is 5. The van der Waals surface area contributed by atoms with Gasteiger partial charge in [0.25, 0.3) is 0 Å². The number of aliphatic hydroxyl groups excluding tert-OH is 1. The Balaban J connectivity index is 3.51. The van der Waals surface area contributed by atoms with Gasteiger partial charge in [-0.25, -0.2) is 0 Å². The summed E-state index contributed by atoms with van der Waals surface area (Å²) in [5.41, 5.74) is 5.45. The molecule has 7 nitrogen and oxygen atoms in total.